The number of halogens is 1. The van der Waals surface area contributed by atoms with Crippen LogP contribution in [0.4, 0.5) is 0 Å². The Kier molecular flexibility index (Phi) is 4.82. The maximum Gasteiger partial charge on any atom is 0.255 e. The molecule has 1 atom stereocenters. The molecular weight excluding hydrogens is 356 g/mol. The molecule has 2 heterocycles. The standard InChI is InChI=1S/C17H21BrN4O/c1-11-16(17(23)20-15-6-7-19-9-15)12(2)22(21-11)10-13-4-3-5-14(18)8-13/h3-5,8,15,19H,6-7,9-10H2,1-2H3,(H,20,23). The Labute approximate surface area is 144 Å². The lowest BCUT2D eigenvalue weighted by molar-refractivity contribution is 0.0938. The van der Waals surface area contributed by atoms with E-state index in [1.165, 1.54) is 0 Å². The van der Waals surface area contributed by atoms with Crippen LogP contribution in [0.5, 0.6) is 0 Å². The number of aromatic nitrogens is 2. The second-order valence-corrected chi connectivity index (χ2v) is 6.91. The number of aryl methyl sites for hydroxylation is 1. The summed E-state index contributed by atoms with van der Waals surface area (Å²) in [4.78, 5) is 12.6. The molecule has 6 heteroatoms. The molecule has 122 valence electrons. The van der Waals surface area contributed by atoms with Gasteiger partial charge in [0.25, 0.3) is 5.91 Å². The monoisotopic (exact) mass is 376 g/mol. The zero-order valence-corrected chi connectivity index (χ0v) is 15.0. The lowest BCUT2D eigenvalue weighted by atomic mass is 10.1. The summed E-state index contributed by atoms with van der Waals surface area (Å²) < 4.78 is 2.95. The van der Waals surface area contributed by atoms with Crippen molar-refractivity contribution in [2.75, 3.05) is 13.1 Å². The highest BCUT2D eigenvalue weighted by Gasteiger charge is 2.23. The van der Waals surface area contributed by atoms with Crippen molar-refractivity contribution in [3.05, 3.63) is 51.3 Å². The number of carbonyl (C=O) groups is 1. The molecule has 2 aromatic rings. The van der Waals surface area contributed by atoms with Crippen LogP contribution in [0.3, 0.4) is 0 Å². The molecule has 3 rings (SSSR count). The molecular formula is C17H21BrN4O. The normalized spacial score (nSPS) is 17.4. The summed E-state index contributed by atoms with van der Waals surface area (Å²) in [5.41, 5.74) is 3.54. The van der Waals surface area contributed by atoms with Crippen molar-refractivity contribution in [2.24, 2.45) is 0 Å². The minimum absolute atomic E-state index is 0.0193. The quantitative estimate of drug-likeness (QED) is 0.861. The Bertz CT molecular complexity index is 719. The van der Waals surface area contributed by atoms with Gasteiger partial charge < -0.3 is 10.6 Å². The molecule has 1 aliphatic rings. The third-order valence-corrected chi connectivity index (χ3v) is 4.72. The lowest BCUT2D eigenvalue weighted by Crippen LogP contribution is -2.36. The van der Waals surface area contributed by atoms with E-state index in [9.17, 15) is 4.79 Å². The minimum atomic E-state index is -0.0193. The van der Waals surface area contributed by atoms with Gasteiger partial charge in [-0.3, -0.25) is 9.48 Å². The van der Waals surface area contributed by atoms with E-state index >= 15 is 0 Å². The Balaban J connectivity index is 1.79. The first kappa shape index (κ1) is 16.2. The summed E-state index contributed by atoms with van der Waals surface area (Å²) in [5.74, 6) is -0.0193. The van der Waals surface area contributed by atoms with Gasteiger partial charge in [-0.1, -0.05) is 28.1 Å². The molecule has 0 spiro atoms. The largest absolute Gasteiger partial charge is 0.348 e. The average Bonchev–Trinajstić information content (AvgIpc) is 3.08. The van der Waals surface area contributed by atoms with Crippen LogP contribution in [-0.2, 0) is 6.54 Å². The SMILES string of the molecule is Cc1nn(Cc2cccc(Br)c2)c(C)c1C(=O)NC1CCNC1. The fourth-order valence-electron chi connectivity index (χ4n) is 3.02. The van der Waals surface area contributed by atoms with Gasteiger partial charge >= 0.3 is 0 Å². The van der Waals surface area contributed by atoms with Crippen molar-refractivity contribution in [2.45, 2.75) is 32.9 Å². The minimum Gasteiger partial charge on any atom is -0.348 e. The van der Waals surface area contributed by atoms with E-state index in [1.54, 1.807) is 0 Å². The number of amides is 1. The van der Waals surface area contributed by atoms with Gasteiger partial charge in [-0.25, -0.2) is 0 Å². The highest BCUT2D eigenvalue weighted by molar-refractivity contribution is 9.10. The number of rotatable bonds is 4. The van der Waals surface area contributed by atoms with E-state index in [2.05, 4.69) is 43.8 Å². The summed E-state index contributed by atoms with van der Waals surface area (Å²) in [5, 5.41) is 10.9. The second-order valence-electron chi connectivity index (χ2n) is 6.00. The molecule has 1 aromatic carbocycles. The van der Waals surface area contributed by atoms with Gasteiger partial charge in [0, 0.05) is 22.8 Å². The van der Waals surface area contributed by atoms with Gasteiger partial charge in [0.05, 0.1) is 17.8 Å². The molecule has 1 unspecified atom stereocenters. The Hall–Kier alpha value is -1.66. The zero-order chi connectivity index (χ0) is 16.4. The van der Waals surface area contributed by atoms with Gasteiger partial charge in [0.15, 0.2) is 0 Å². The molecule has 1 fully saturated rings. The van der Waals surface area contributed by atoms with Crippen LogP contribution < -0.4 is 10.6 Å². The molecule has 1 aliphatic heterocycles. The van der Waals surface area contributed by atoms with E-state index in [0.717, 1.165) is 40.9 Å². The Morgan fingerprint density at radius 2 is 2.30 bits per heavy atom. The Morgan fingerprint density at radius 1 is 1.48 bits per heavy atom. The van der Waals surface area contributed by atoms with Gasteiger partial charge in [0.2, 0.25) is 0 Å². The molecule has 1 aromatic heterocycles. The first-order valence-electron chi connectivity index (χ1n) is 7.84. The van der Waals surface area contributed by atoms with E-state index in [1.807, 2.05) is 30.7 Å². The van der Waals surface area contributed by atoms with Gasteiger partial charge in [-0.05, 0) is 44.5 Å². The van der Waals surface area contributed by atoms with Crippen LogP contribution >= 0.6 is 15.9 Å². The number of hydrogen-bond donors (Lipinski definition) is 2. The van der Waals surface area contributed by atoms with Crippen LogP contribution in [-0.4, -0.2) is 34.8 Å². The van der Waals surface area contributed by atoms with Crippen molar-refractivity contribution in [1.82, 2.24) is 20.4 Å². The molecule has 1 saturated heterocycles. The van der Waals surface area contributed by atoms with Crippen molar-refractivity contribution in [3.8, 4) is 0 Å². The summed E-state index contributed by atoms with van der Waals surface area (Å²) >= 11 is 3.49. The predicted molar refractivity (Wildman–Crippen MR) is 93.7 cm³/mol. The molecule has 2 N–H and O–H groups in total. The first-order valence-corrected chi connectivity index (χ1v) is 8.64. The van der Waals surface area contributed by atoms with Crippen LogP contribution in [0.15, 0.2) is 28.7 Å². The molecule has 0 radical (unpaired) electrons. The summed E-state index contributed by atoms with van der Waals surface area (Å²) in [7, 11) is 0. The van der Waals surface area contributed by atoms with Crippen LogP contribution in [0.25, 0.3) is 0 Å². The number of hydrogen-bond acceptors (Lipinski definition) is 3. The smallest absolute Gasteiger partial charge is 0.255 e. The number of carbonyl (C=O) groups excluding carboxylic acids is 1. The first-order chi connectivity index (χ1) is 11.0. The van der Waals surface area contributed by atoms with Crippen LogP contribution in [0, 0.1) is 13.8 Å². The van der Waals surface area contributed by atoms with Crippen molar-refractivity contribution in [3.63, 3.8) is 0 Å². The maximum absolute atomic E-state index is 12.6. The molecule has 23 heavy (non-hydrogen) atoms. The van der Waals surface area contributed by atoms with Gasteiger partial charge in [-0.2, -0.15) is 5.10 Å². The molecule has 0 saturated carbocycles. The van der Waals surface area contributed by atoms with E-state index in [-0.39, 0.29) is 11.9 Å². The van der Waals surface area contributed by atoms with Crippen LogP contribution in [0.1, 0.15) is 33.7 Å². The topological polar surface area (TPSA) is 59.0 Å². The van der Waals surface area contributed by atoms with E-state index in [4.69, 9.17) is 0 Å². The van der Waals surface area contributed by atoms with Crippen LogP contribution in [0.2, 0.25) is 0 Å². The third-order valence-electron chi connectivity index (χ3n) is 4.23. The highest BCUT2D eigenvalue weighted by Crippen LogP contribution is 2.17. The van der Waals surface area contributed by atoms with Gasteiger partial charge in [-0.15, -0.1) is 0 Å². The maximum atomic E-state index is 12.6. The third kappa shape index (κ3) is 3.64. The van der Waals surface area contributed by atoms with Crippen molar-refractivity contribution in [1.29, 1.82) is 0 Å². The molecule has 0 bridgehead atoms. The lowest BCUT2D eigenvalue weighted by Gasteiger charge is -2.11. The van der Waals surface area contributed by atoms with Gasteiger partial charge in [0.1, 0.15) is 0 Å². The van der Waals surface area contributed by atoms with E-state index in [0.29, 0.717) is 12.1 Å². The summed E-state index contributed by atoms with van der Waals surface area (Å²) in [6, 6.07) is 8.35. The second kappa shape index (κ2) is 6.84. The van der Waals surface area contributed by atoms with Crippen molar-refractivity contribution >= 4 is 21.8 Å². The molecule has 0 aliphatic carbocycles. The highest BCUT2D eigenvalue weighted by atomic mass is 79.9. The number of nitrogens with zero attached hydrogens (tertiary/aromatic N) is 2. The Morgan fingerprint density at radius 3 is 3.00 bits per heavy atom. The zero-order valence-electron chi connectivity index (χ0n) is 13.4. The van der Waals surface area contributed by atoms with Crippen molar-refractivity contribution < 1.29 is 4.79 Å². The van der Waals surface area contributed by atoms with E-state index < -0.39 is 0 Å². The summed E-state index contributed by atoms with van der Waals surface area (Å²) in [6.45, 7) is 6.32. The number of nitrogens with one attached hydrogen (secondary N) is 2. The fourth-order valence-corrected chi connectivity index (χ4v) is 3.47. The fraction of sp³-hybridized carbons (Fsp3) is 0.412. The predicted octanol–water partition coefficient (Wildman–Crippen LogP) is 2.40. The molecule has 5 nitrogen and oxygen atoms in total. The number of benzene rings is 1. The average molecular weight is 377 g/mol. The molecule has 1 amide bonds. The summed E-state index contributed by atoms with van der Waals surface area (Å²) in [6.07, 6.45) is 0.982.